The Balaban J connectivity index is 2.47. The van der Waals surface area contributed by atoms with Crippen LogP contribution in [0.3, 0.4) is 0 Å². The van der Waals surface area contributed by atoms with Crippen LogP contribution in [0.2, 0.25) is 0 Å². The summed E-state index contributed by atoms with van der Waals surface area (Å²) >= 11 is 0. The molecule has 1 unspecified atom stereocenters. The molecule has 0 fully saturated rings. The van der Waals surface area contributed by atoms with Gasteiger partial charge in [-0.05, 0) is 31.9 Å². The number of nitrogens with zero attached hydrogens (tertiary/aromatic N) is 3. The fourth-order valence-corrected chi connectivity index (χ4v) is 2.49. The summed E-state index contributed by atoms with van der Waals surface area (Å²) in [6.45, 7) is 9.77. The van der Waals surface area contributed by atoms with Gasteiger partial charge in [-0.3, -0.25) is 9.89 Å². The lowest BCUT2D eigenvalue weighted by Crippen LogP contribution is -2.38. The maximum Gasteiger partial charge on any atom is 0.282 e. The van der Waals surface area contributed by atoms with Gasteiger partial charge in [0.2, 0.25) is 0 Å². The van der Waals surface area contributed by atoms with E-state index in [1.807, 2.05) is 11.9 Å². The number of hydrogen-bond donors (Lipinski definition) is 1. The molecule has 2 rings (SSSR count). The molecule has 1 N–H and O–H groups in total. The average molecular weight is 332 g/mol. The van der Waals surface area contributed by atoms with Gasteiger partial charge in [-0.25, -0.2) is 9.37 Å². The number of aryl methyl sites for hydroxylation is 1. The average Bonchev–Trinajstić information content (AvgIpc) is 2.83. The van der Waals surface area contributed by atoms with Gasteiger partial charge in [0.05, 0.1) is 10.6 Å². The Kier molecular flexibility index (Phi) is 5.59. The lowest BCUT2D eigenvalue weighted by Gasteiger charge is -2.22. The Morgan fingerprint density at radius 3 is 2.92 bits per heavy atom. The molecular weight excluding hydrogens is 307 g/mol. The van der Waals surface area contributed by atoms with Crippen LogP contribution in [0.4, 0.5) is 4.39 Å². The molecule has 2 aromatic heterocycles. The zero-order valence-corrected chi connectivity index (χ0v) is 14.8. The van der Waals surface area contributed by atoms with Crippen LogP contribution < -0.4 is 16.1 Å². The number of H-pyrrole nitrogens is 1. The molecular formula is C18H25FN4O. The van der Waals surface area contributed by atoms with Crippen LogP contribution in [0.1, 0.15) is 38.7 Å². The summed E-state index contributed by atoms with van der Waals surface area (Å²) in [5.74, 6) is -0.552. The Labute approximate surface area is 141 Å². The summed E-state index contributed by atoms with van der Waals surface area (Å²) < 4.78 is 15.4. The van der Waals surface area contributed by atoms with Gasteiger partial charge in [0.15, 0.2) is 11.6 Å². The first-order valence-electron chi connectivity index (χ1n) is 8.22. The van der Waals surface area contributed by atoms with Crippen LogP contribution in [0.5, 0.6) is 0 Å². The fraction of sp³-hybridized carbons (Fsp3) is 0.444. The van der Waals surface area contributed by atoms with Gasteiger partial charge in [-0.15, -0.1) is 0 Å². The molecule has 0 aliphatic heterocycles. The van der Waals surface area contributed by atoms with Crippen LogP contribution in [0.25, 0.3) is 18.6 Å². The van der Waals surface area contributed by atoms with Crippen molar-refractivity contribution in [1.29, 1.82) is 0 Å². The van der Waals surface area contributed by atoms with E-state index in [0.717, 1.165) is 23.9 Å². The number of unbranched alkanes of at least 4 members (excludes halogenated alkanes) is 1. The lowest BCUT2D eigenvalue weighted by atomic mass is 10.1. The van der Waals surface area contributed by atoms with Crippen molar-refractivity contribution in [2.45, 2.75) is 46.1 Å². The molecule has 1 atom stereocenters. The monoisotopic (exact) mass is 332 g/mol. The molecule has 24 heavy (non-hydrogen) atoms. The topological polar surface area (TPSA) is 53.9 Å². The molecule has 0 saturated carbocycles. The summed E-state index contributed by atoms with van der Waals surface area (Å²) in [4.78, 5) is 18.6. The van der Waals surface area contributed by atoms with E-state index in [1.54, 1.807) is 19.2 Å². The van der Waals surface area contributed by atoms with Gasteiger partial charge in [0.25, 0.3) is 5.56 Å². The van der Waals surface area contributed by atoms with Gasteiger partial charge in [0.1, 0.15) is 0 Å². The van der Waals surface area contributed by atoms with Crippen molar-refractivity contribution in [3.8, 4) is 5.82 Å². The highest BCUT2D eigenvalue weighted by Gasteiger charge is 2.13. The minimum atomic E-state index is -0.517. The number of rotatable bonds is 6. The Morgan fingerprint density at radius 2 is 2.25 bits per heavy atom. The molecule has 0 amide bonds. The predicted octanol–water partition coefficient (Wildman–Crippen LogP) is 1.67. The summed E-state index contributed by atoms with van der Waals surface area (Å²) in [5, 5.41) is 3.68. The Hall–Kier alpha value is -2.37. The van der Waals surface area contributed by atoms with Crippen molar-refractivity contribution in [2.75, 3.05) is 7.05 Å². The third-order valence-electron chi connectivity index (χ3n) is 4.28. The molecule has 0 radical (unpaired) electrons. The fourth-order valence-electron chi connectivity index (χ4n) is 2.49. The minimum Gasteiger partial charge on any atom is -0.377 e. The molecule has 5 nitrogen and oxygen atoms in total. The summed E-state index contributed by atoms with van der Waals surface area (Å²) in [6, 6.07) is 1.87. The van der Waals surface area contributed by atoms with Crippen LogP contribution >= 0.6 is 0 Å². The molecule has 2 heterocycles. The maximum atomic E-state index is 14.3. The quantitative estimate of drug-likeness (QED) is 0.875. The predicted molar refractivity (Wildman–Crippen MR) is 94.9 cm³/mol. The first-order valence-corrected chi connectivity index (χ1v) is 8.22. The van der Waals surface area contributed by atoms with Crippen molar-refractivity contribution in [3.05, 3.63) is 44.6 Å². The molecule has 0 aliphatic rings. The number of pyridine rings is 1. The highest BCUT2D eigenvalue weighted by molar-refractivity contribution is 5.31. The third-order valence-corrected chi connectivity index (χ3v) is 4.28. The summed E-state index contributed by atoms with van der Waals surface area (Å²) in [7, 11) is 1.93. The SMILES string of the molecule is C=c1[nH]n(-c2nccc(C)c2F)c(=O)c1=CN(C)C(C)CCCC. The molecule has 0 bridgehead atoms. The van der Waals surface area contributed by atoms with Crippen LogP contribution in [0.15, 0.2) is 17.1 Å². The summed E-state index contributed by atoms with van der Waals surface area (Å²) in [6.07, 6.45) is 6.56. The number of nitrogens with one attached hydrogen (secondary N) is 1. The second-order valence-electron chi connectivity index (χ2n) is 6.20. The zero-order valence-electron chi connectivity index (χ0n) is 14.8. The number of hydrogen-bond acceptors (Lipinski definition) is 3. The van der Waals surface area contributed by atoms with Crippen LogP contribution in [-0.2, 0) is 0 Å². The van der Waals surface area contributed by atoms with Crippen LogP contribution in [0, 0.1) is 12.7 Å². The highest BCUT2D eigenvalue weighted by atomic mass is 19.1. The van der Waals surface area contributed by atoms with Gasteiger partial charge < -0.3 is 4.90 Å². The molecule has 0 aliphatic carbocycles. The van der Waals surface area contributed by atoms with E-state index in [4.69, 9.17) is 0 Å². The largest absolute Gasteiger partial charge is 0.377 e. The second-order valence-corrected chi connectivity index (χ2v) is 6.20. The first kappa shape index (κ1) is 18.0. The number of aromatic nitrogens is 3. The number of aromatic amines is 1. The van der Waals surface area contributed by atoms with Gasteiger partial charge in [-0.2, -0.15) is 4.68 Å². The smallest absolute Gasteiger partial charge is 0.282 e. The number of halogens is 1. The van der Waals surface area contributed by atoms with Crippen molar-refractivity contribution in [1.82, 2.24) is 19.7 Å². The molecule has 2 aromatic rings. The van der Waals surface area contributed by atoms with Crippen LogP contribution in [-0.4, -0.2) is 32.8 Å². The summed E-state index contributed by atoms with van der Waals surface area (Å²) in [5.41, 5.74) is 0.0782. The van der Waals surface area contributed by atoms with E-state index in [9.17, 15) is 9.18 Å². The molecule has 130 valence electrons. The van der Waals surface area contributed by atoms with Gasteiger partial charge in [0, 0.05) is 25.5 Å². The van der Waals surface area contributed by atoms with E-state index in [-0.39, 0.29) is 11.4 Å². The first-order chi connectivity index (χ1) is 11.4. The molecule has 0 saturated heterocycles. The molecule has 6 heteroatoms. The second kappa shape index (κ2) is 7.47. The Morgan fingerprint density at radius 1 is 1.54 bits per heavy atom. The zero-order chi connectivity index (χ0) is 17.9. The van der Waals surface area contributed by atoms with E-state index in [2.05, 4.69) is 30.5 Å². The van der Waals surface area contributed by atoms with Crippen molar-refractivity contribution >= 4 is 12.8 Å². The normalized spacial score (nSPS) is 13.3. The maximum absolute atomic E-state index is 14.3. The van der Waals surface area contributed by atoms with Crippen molar-refractivity contribution in [3.63, 3.8) is 0 Å². The minimum absolute atomic E-state index is 0.0359. The van der Waals surface area contributed by atoms with Gasteiger partial charge >= 0.3 is 0 Å². The van der Waals surface area contributed by atoms with E-state index < -0.39 is 5.82 Å². The third kappa shape index (κ3) is 3.58. The standard InChI is InChI=1S/C18H25FN4O/c1-6-7-8-13(3)22(5)11-15-14(4)21-23(18(15)24)17-16(19)12(2)9-10-20-17/h9-11,13,21H,4,6-8H2,1-3,5H3. The highest BCUT2D eigenvalue weighted by Crippen LogP contribution is 2.10. The lowest BCUT2D eigenvalue weighted by molar-refractivity contribution is 0.354. The molecule has 0 spiro atoms. The van der Waals surface area contributed by atoms with E-state index >= 15 is 0 Å². The van der Waals surface area contributed by atoms with E-state index in [1.165, 1.54) is 6.20 Å². The Bertz CT molecular complexity index is 868. The molecule has 0 aromatic carbocycles. The van der Waals surface area contributed by atoms with Crippen molar-refractivity contribution in [2.24, 2.45) is 0 Å². The van der Waals surface area contributed by atoms with Crippen molar-refractivity contribution < 1.29 is 4.39 Å². The van der Waals surface area contributed by atoms with Gasteiger partial charge in [-0.1, -0.05) is 26.3 Å². The van der Waals surface area contributed by atoms with E-state index in [0.29, 0.717) is 22.2 Å².